The molecule has 0 bridgehead atoms. The van der Waals surface area contributed by atoms with Crippen molar-refractivity contribution < 1.29 is 0 Å². The first-order valence-corrected chi connectivity index (χ1v) is 5.54. The van der Waals surface area contributed by atoms with E-state index in [1.807, 2.05) is 0 Å². The second kappa shape index (κ2) is 5.11. The lowest BCUT2D eigenvalue weighted by Crippen LogP contribution is -2.12. The summed E-state index contributed by atoms with van der Waals surface area (Å²) in [6, 6.07) is 5.11. The van der Waals surface area contributed by atoms with Crippen LogP contribution in [0.4, 0.5) is 5.69 Å². The minimum Gasteiger partial charge on any atom is -0.386 e. The Morgan fingerprint density at radius 3 is 2.94 bits per heavy atom. The predicted octanol–water partition coefficient (Wildman–Crippen LogP) is 1.75. The van der Waals surface area contributed by atoms with Crippen molar-refractivity contribution in [2.45, 2.75) is 0 Å². The molecule has 1 heterocycles. The standard InChI is InChI=1S/C9H8Cl2N6/c10-4-8(12)13-7-3-5(11)1-2-6(7)9-14-16-17-15-9/h1-3H,4H2,(H2,12,13)(H,14,15,16,17). The Hall–Kier alpha value is -1.66. The Bertz CT molecular complexity index is 536. The molecule has 0 aliphatic heterocycles. The van der Waals surface area contributed by atoms with Gasteiger partial charge < -0.3 is 5.73 Å². The first kappa shape index (κ1) is 11.8. The summed E-state index contributed by atoms with van der Waals surface area (Å²) in [5, 5.41) is 14.1. The predicted molar refractivity (Wildman–Crippen MR) is 66.6 cm³/mol. The lowest BCUT2D eigenvalue weighted by atomic mass is 10.1. The van der Waals surface area contributed by atoms with Gasteiger partial charge >= 0.3 is 0 Å². The zero-order chi connectivity index (χ0) is 12.3. The number of aliphatic imine (C=N–C) groups is 1. The van der Waals surface area contributed by atoms with E-state index in [4.69, 9.17) is 28.9 Å². The van der Waals surface area contributed by atoms with Crippen LogP contribution in [0.15, 0.2) is 23.2 Å². The maximum atomic E-state index is 5.90. The van der Waals surface area contributed by atoms with Crippen LogP contribution in [-0.2, 0) is 0 Å². The van der Waals surface area contributed by atoms with Crippen molar-refractivity contribution in [1.82, 2.24) is 20.6 Å². The normalized spacial score (nSPS) is 11.8. The topological polar surface area (TPSA) is 92.8 Å². The van der Waals surface area contributed by atoms with E-state index in [2.05, 4.69) is 25.6 Å². The molecular formula is C9H8Cl2N6. The maximum Gasteiger partial charge on any atom is 0.206 e. The van der Waals surface area contributed by atoms with Gasteiger partial charge in [0.25, 0.3) is 0 Å². The van der Waals surface area contributed by atoms with Crippen LogP contribution < -0.4 is 5.73 Å². The third-order valence-electron chi connectivity index (χ3n) is 1.95. The molecule has 0 spiro atoms. The van der Waals surface area contributed by atoms with E-state index in [-0.39, 0.29) is 5.88 Å². The number of rotatable bonds is 3. The molecule has 0 aliphatic rings. The van der Waals surface area contributed by atoms with Crippen molar-refractivity contribution in [3.63, 3.8) is 0 Å². The summed E-state index contributed by atoms with van der Waals surface area (Å²) in [5.41, 5.74) is 6.82. The van der Waals surface area contributed by atoms with E-state index in [1.54, 1.807) is 18.2 Å². The fraction of sp³-hybridized carbons (Fsp3) is 0.111. The molecule has 3 N–H and O–H groups in total. The van der Waals surface area contributed by atoms with Crippen LogP contribution in [0.3, 0.4) is 0 Å². The monoisotopic (exact) mass is 270 g/mol. The maximum absolute atomic E-state index is 5.90. The van der Waals surface area contributed by atoms with Crippen molar-refractivity contribution in [2.75, 3.05) is 5.88 Å². The lowest BCUT2D eigenvalue weighted by Gasteiger charge is -2.03. The number of hydrogen-bond donors (Lipinski definition) is 2. The number of amidine groups is 1. The number of nitrogens with zero attached hydrogens (tertiary/aromatic N) is 4. The number of tetrazole rings is 1. The molecule has 1 aromatic carbocycles. The fourth-order valence-electron chi connectivity index (χ4n) is 1.25. The van der Waals surface area contributed by atoms with Gasteiger partial charge in [0.2, 0.25) is 5.82 Å². The van der Waals surface area contributed by atoms with Gasteiger partial charge in [0.1, 0.15) is 5.84 Å². The van der Waals surface area contributed by atoms with Gasteiger partial charge in [0.15, 0.2) is 0 Å². The van der Waals surface area contributed by atoms with Gasteiger partial charge in [0.05, 0.1) is 11.6 Å². The van der Waals surface area contributed by atoms with Crippen molar-refractivity contribution >= 4 is 34.7 Å². The van der Waals surface area contributed by atoms with Crippen LogP contribution in [0, 0.1) is 0 Å². The SMILES string of the molecule is NC(CCl)=Nc1cc(Cl)ccc1-c1nn[nH]n1. The number of nitrogens with two attached hydrogens (primary N) is 1. The van der Waals surface area contributed by atoms with Gasteiger partial charge in [-0.05, 0) is 23.4 Å². The molecule has 0 saturated heterocycles. The van der Waals surface area contributed by atoms with E-state index < -0.39 is 0 Å². The summed E-state index contributed by atoms with van der Waals surface area (Å²) in [4.78, 5) is 4.15. The van der Waals surface area contributed by atoms with Crippen LogP contribution in [0.5, 0.6) is 0 Å². The van der Waals surface area contributed by atoms with Crippen LogP contribution >= 0.6 is 23.2 Å². The van der Waals surface area contributed by atoms with Crippen LogP contribution in [0.1, 0.15) is 0 Å². The highest BCUT2D eigenvalue weighted by molar-refractivity contribution is 6.31. The Labute approximate surface area is 107 Å². The van der Waals surface area contributed by atoms with Crippen molar-refractivity contribution in [3.8, 4) is 11.4 Å². The van der Waals surface area contributed by atoms with E-state index in [9.17, 15) is 0 Å². The largest absolute Gasteiger partial charge is 0.386 e. The highest BCUT2D eigenvalue weighted by Crippen LogP contribution is 2.30. The highest BCUT2D eigenvalue weighted by Gasteiger charge is 2.09. The number of hydrogen-bond acceptors (Lipinski definition) is 4. The molecule has 0 radical (unpaired) electrons. The molecule has 0 atom stereocenters. The van der Waals surface area contributed by atoms with Crippen LogP contribution in [-0.4, -0.2) is 32.3 Å². The van der Waals surface area contributed by atoms with Crippen LogP contribution in [0.25, 0.3) is 11.4 Å². The van der Waals surface area contributed by atoms with Gasteiger partial charge in [0, 0.05) is 10.6 Å². The third-order valence-corrected chi connectivity index (χ3v) is 2.46. The summed E-state index contributed by atoms with van der Waals surface area (Å²) < 4.78 is 0. The molecule has 0 amide bonds. The summed E-state index contributed by atoms with van der Waals surface area (Å²) >= 11 is 11.5. The molecule has 0 unspecified atom stereocenters. The number of alkyl halides is 1. The number of aromatic amines is 1. The summed E-state index contributed by atoms with van der Waals surface area (Å²) in [7, 11) is 0. The van der Waals surface area contributed by atoms with Crippen molar-refractivity contribution in [3.05, 3.63) is 23.2 Å². The molecule has 6 nitrogen and oxygen atoms in total. The minimum atomic E-state index is 0.137. The fourth-order valence-corrected chi connectivity index (χ4v) is 1.47. The van der Waals surface area contributed by atoms with Crippen molar-refractivity contribution in [1.29, 1.82) is 0 Å². The molecule has 0 saturated carbocycles. The van der Waals surface area contributed by atoms with Crippen molar-refractivity contribution in [2.24, 2.45) is 10.7 Å². The Balaban J connectivity index is 2.52. The number of nitrogens with one attached hydrogen (secondary N) is 1. The second-order valence-electron chi connectivity index (χ2n) is 3.13. The van der Waals surface area contributed by atoms with Gasteiger partial charge in [-0.2, -0.15) is 5.21 Å². The van der Waals surface area contributed by atoms with Gasteiger partial charge in [-0.3, -0.25) is 0 Å². The smallest absolute Gasteiger partial charge is 0.206 e. The molecule has 8 heteroatoms. The zero-order valence-electron chi connectivity index (χ0n) is 8.56. The first-order chi connectivity index (χ1) is 8.20. The average Bonchev–Trinajstić information content (AvgIpc) is 2.82. The minimum absolute atomic E-state index is 0.137. The molecule has 0 fully saturated rings. The third kappa shape index (κ3) is 2.72. The lowest BCUT2D eigenvalue weighted by molar-refractivity contribution is 0.881. The Kier molecular flexibility index (Phi) is 3.55. The molecule has 0 aliphatic carbocycles. The zero-order valence-corrected chi connectivity index (χ0v) is 10.1. The van der Waals surface area contributed by atoms with Gasteiger partial charge in [-0.25, -0.2) is 4.99 Å². The molecule has 17 heavy (non-hydrogen) atoms. The number of halogens is 2. The van der Waals surface area contributed by atoms with E-state index in [0.717, 1.165) is 0 Å². The van der Waals surface area contributed by atoms with E-state index in [0.29, 0.717) is 27.9 Å². The quantitative estimate of drug-likeness (QED) is 0.505. The summed E-state index contributed by atoms with van der Waals surface area (Å²) in [6.07, 6.45) is 0. The van der Waals surface area contributed by atoms with Gasteiger partial charge in [-0.1, -0.05) is 11.6 Å². The molecule has 1 aromatic heterocycles. The van der Waals surface area contributed by atoms with Crippen LogP contribution in [0.2, 0.25) is 5.02 Å². The number of benzene rings is 1. The highest BCUT2D eigenvalue weighted by atomic mass is 35.5. The average molecular weight is 271 g/mol. The Morgan fingerprint density at radius 2 is 2.29 bits per heavy atom. The Morgan fingerprint density at radius 1 is 1.47 bits per heavy atom. The number of aromatic nitrogens is 4. The molecule has 2 rings (SSSR count). The van der Waals surface area contributed by atoms with E-state index >= 15 is 0 Å². The van der Waals surface area contributed by atoms with E-state index in [1.165, 1.54) is 0 Å². The second-order valence-corrected chi connectivity index (χ2v) is 3.84. The molecule has 88 valence electrons. The molecular weight excluding hydrogens is 263 g/mol. The summed E-state index contributed by atoms with van der Waals surface area (Å²) in [6.45, 7) is 0. The summed E-state index contributed by atoms with van der Waals surface area (Å²) in [5.74, 6) is 0.847. The first-order valence-electron chi connectivity index (χ1n) is 4.63. The van der Waals surface area contributed by atoms with Gasteiger partial charge in [-0.15, -0.1) is 21.8 Å². The number of H-pyrrole nitrogens is 1. The molecule has 2 aromatic rings.